The molecule has 0 aromatic heterocycles. The number of hydrogen-bond donors (Lipinski definition) is 6. The first-order valence-corrected chi connectivity index (χ1v) is 5.07. The lowest BCUT2D eigenvalue weighted by Crippen LogP contribution is -2.25. The summed E-state index contributed by atoms with van der Waals surface area (Å²) in [4.78, 5) is 29.7. The number of aliphatic hydroxyl groups excluding tert-OH is 1. The van der Waals surface area contributed by atoms with E-state index in [4.69, 9.17) is 21.1 Å². The number of rotatable bonds is 10. The van der Waals surface area contributed by atoms with Crippen LogP contribution in [0.4, 0.5) is 0 Å². The summed E-state index contributed by atoms with van der Waals surface area (Å²) >= 11 is 3.26. The largest absolute Gasteiger partial charge is 0.481 e. The molecular formula is C9H16O7S2. The van der Waals surface area contributed by atoms with Crippen LogP contribution in [0.25, 0.3) is 0 Å². The number of carboxylic acid groups (broad SMARTS) is 2. The second-order valence-electron chi connectivity index (χ2n) is 2.60. The van der Waals surface area contributed by atoms with Crippen LogP contribution in [0, 0.1) is 0 Å². The Hall–Kier alpha value is -0.770. The molecule has 0 saturated heterocycles. The average molecular weight is 310 g/mol. The van der Waals surface area contributed by atoms with Crippen molar-refractivity contribution in [3.63, 3.8) is 0 Å². The molecule has 9 heteroatoms. The van der Waals surface area contributed by atoms with Gasteiger partial charge in [-0.25, -0.2) is 4.79 Å². The van der Waals surface area contributed by atoms with Gasteiger partial charge in [0, 0.05) is 16.2 Å². The highest BCUT2D eigenvalue weighted by atomic mass is 32.1. The van der Waals surface area contributed by atoms with Gasteiger partial charge in [-0.3, -0.25) is 9.59 Å². The van der Waals surface area contributed by atoms with Crippen molar-refractivity contribution in [3.05, 3.63) is 0 Å². The van der Waals surface area contributed by atoms with Crippen LogP contribution in [0.15, 0.2) is 0 Å². The zero-order valence-electron chi connectivity index (χ0n) is 16.8. The fourth-order valence-corrected chi connectivity index (χ4v) is 0.715. The van der Waals surface area contributed by atoms with Crippen molar-refractivity contribution < 1.29 is 41.7 Å². The average Bonchev–Trinajstić information content (AvgIpc) is 2.51. The van der Waals surface area contributed by atoms with E-state index >= 15 is 0 Å². The first-order valence-electron chi connectivity index (χ1n) is 7.94. The maximum atomic E-state index is 10.2. The minimum Gasteiger partial charge on any atom is -0.481 e. The zero-order chi connectivity index (χ0) is 21.3. The molecule has 0 radical (unpaired) electrons. The molecule has 7 nitrogen and oxygen atoms in total. The van der Waals surface area contributed by atoms with Crippen LogP contribution in [-0.4, -0.2) is 65.7 Å². The number of ketones is 1. The van der Waals surface area contributed by atoms with Crippen LogP contribution in [0.2, 0.25) is 0 Å². The van der Waals surface area contributed by atoms with E-state index in [1.807, 2.05) is 0 Å². The summed E-state index contributed by atoms with van der Waals surface area (Å²) in [5.74, 6) is -3.82. The second-order valence-corrected chi connectivity index (χ2v) is 3.30. The smallest absolute Gasteiger partial charge is 0.372 e. The number of Topliss-reactive ketones (excluding diaryl/α,β-unsaturated/α-hetero) is 1. The van der Waals surface area contributed by atoms with Gasteiger partial charge in [-0.1, -0.05) is 0 Å². The Balaban J connectivity index is 0. The topological polar surface area (TPSA) is 132 Å². The number of carbonyl (C=O) groups is 3. The van der Waals surface area contributed by atoms with E-state index in [0.29, 0.717) is 0 Å². The van der Waals surface area contributed by atoms with Crippen LogP contribution >= 0.6 is 25.2 Å². The predicted molar refractivity (Wildman–Crippen MR) is 69.2 cm³/mol. The van der Waals surface area contributed by atoms with E-state index in [9.17, 15) is 14.4 Å². The van der Waals surface area contributed by atoms with Crippen LogP contribution in [-0.2, 0) is 14.4 Å². The van der Waals surface area contributed by atoms with Crippen LogP contribution in [0.5, 0.6) is 0 Å². The van der Waals surface area contributed by atoms with Crippen molar-refractivity contribution in [2.45, 2.75) is 24.2 Å². The van der Waals surface area contributed by atoms with Gasteiger partial charge in [-0.2, -0.15) is 25.2 Å². The maximum absolute atomic E-state index is 10.2. The minimum absolute atomic E-state index is 0.174. The van der Waals surface area contributed by atoms with Crippen LogP contribution in [0.1, 0.15) is 19.7 Å². The fourth-order valence-electron chi connectivity index (χ4n) is 0.440. The Morgan fingerprint density at radius 1 is 1.39 bits per heavy atom. The normalized spacial score (nSPS) is 22.5. The lowest BCUT2D eigenvalue weighted by molar-refractivity contribution is -0.149. The molecule has 0 rings (SSSR count). The van der Waals surface area contributed by atoms with Crippen molar-refractivity contribution in [1.82, 2.24) is 0 Å². The van der Waals surface area contributed by atoms with E-state index in [0.717, 1.165) is 0 Å². The molecule has 0 saturated carbocycles. The number of carbonyl (C=O) groups excluding carboxylic acids is 1. The van der Waals surface area contributed by atoms with E-state index in [2.05, 4.69) is 22.8 Å². The third-order valence-corrected chi connectivity index (χ3v) is 1.79. The molecule has 0 spiro atoms. The molecule has 4 N–H and O–H groups in total. The molecule has 0 fully saturated rings. The lowest BCUT2D eigenvalue weighted by atomic mass is 10.2. The van der Waals surface area contributed by atoms with E-state index in [1.165, 1.54) is 0 Å². The van der Waals surface area contributed by atoms with Gasteiger partial charge in [-0.15, -0.1) is 0 Å². The molecule has 0 heterocycles. The Bertz CT molecular complexity index is 503. The van der Waals surface area contributed by atoms with Crippen molar-refractivity contribution >= 4 is 42.9 Å². The van der Waals surface area contributed by atoms with Crippen molar-refractivity contribution in [2.24, 2.45) is 0 Å². The molecule has 0 aliphatic heterocycles. The monoisotopic (exact) mass is 310 g/mol. The highest BCUT2D eigenvalue weighted by molar-refractivity contribution is 7.81. The Morgan fingerprint density at radius 3 is 2.39 bits per heavy atom. The van der Waals surface area contributed by atoms with Gasteiger partial charge < -0.3 is 20.4 Å². The van der Waals surface area contributed by atoms with Gasteiger partial charge >= 0.3 is 11.9 Å². The number of hydrogen-bond acceptors (Lipinski definition) is 7. The molecule has 106 valence electrons. The van der Waals surface area contributed by atoms with Crippen molar-refractivity contribution in [1.29, 1.82) is 3.99 Å². The molecule has 0 aromatic carbocycles. The Morgan fingerprint density at radius 2 is 2.06 bits per heavy atom. The van der Waals surface area contributed by atoms with Crippen molar-refractivity contribution in [2.75, 3.05) is 12.3 Å². The summed E-state index contributed by atoms with van der Waals surface area (Å²) in [6, 6.07) is 0. The number of aliphatic carboxylic acids is 2. The zero-order valence-corrected chi connectivity index (χ0v) is 10.5. The molecule has 0 aliphatic carbocycles. The highest BCUT2D eigenvalue weighted by Crippen LogP contribution is 2.01. The standard InChI is InChI=1S/C5H6O5.C4H10O2S2/c6-3(5(9)10)1-2-4(7)8;5-1-4(8)3(6)2-7/h1-2H2,(H,7,8)(H,9,10);3-8H,1-2H2/i;1D2,2+1D2,3+1,4D,5D,6D/hD. The van der Waals surface area contributed by atoms with Gasteiger partial charge in [-0.05, 0) is 0 Å². The SMILES string of the molecule is O=C(O)CCC(=O)C(=O)O.[2H]O[13CH](C([2H])(S[2H])C([2H])([2H])O[2H])[13C]([2H])([2H])S. The first kappa shape index (κ1) is 8.41. The van der Waals surface area contributed by atoms with Gasteiger partial charge in [0.25, 0.3) is 0 Å². The molecule has 0 aromatic rings. The molecule has 2 atom stereocenters. The van der Waals surface area contributed by atoms with Gasteiger partial charge in [0.1, 0.15) is 1.12 Å². The maximum Gasteiger partial charge on any atom is 0.372 e. The van der Waals surface area contributed by atoms with Gasteiger partial charge in [0.15, 0.2) is 0 Å². The molecular weight excluding hydrogens is 286 g/mol. The molecule has 0 aliphatic rings. The van der Waals surface area contributed by atoms with E-state index < -0.39 is 54.2 Å². The van der Waals surface area contributed by atoms with Gasteiger partial charge in [0.05, 0.1) is 27.1 Å². The third-order valence-electron chi connectivity index (χ3n) is 1.26. The first-order chi connectivity index (χ1) is 11.6. The molecule has 2 unspecified atom stereocenters. The highest BCUT2D eigenvalue weighted by Gasteiger charge is 2.12. The number of aliphatic hydroxyl groups is 2. The summed E-state index contributed by atoms with van der Waals surface area (Å²) in [6.45, 7) is -3.00. The molecule has 18 heavy (non-hydrogen) atoms. The summed E-state index contributed by atoms with van der Waals surface area (Å²) in [7, 11) is 0. The lowest BCUT2D eigenvalue weighted by Gasteiger charge is -2.11. The summed E-state index contributed by atoms with van der Waals surface area (Å²) in [6.07, 6.45) is -2.89. The summed E-state index contributed by atoms with van der Waals surface area (Å²) < 4.78 is 56.5. The minimum atomic E-state index is -3.00. The Labute approximate surface area is 126 Å². The van der Waals surface area contributed by atoms with Gasteiger partial charge in [0.2, 0.25) is 8.65 Å². The molecule has 0 amide bonds. The Kier molecular flexibility index (Phi) is 5.29. The number of carboxylic acids is 2. The number of thiol groups is 2. The quantitative estimate of drug-likeness (QED) is 0.174. The van der Waals surface area contributed by atoms with Crippen LogP contribution in [0.3, 0.4) is 0 Å². The van der Waals surface area contributed by atoms with Crippen molar-refractivity contribution in [3.8, 4) is 0 Å². The van der Waals surface area contributed by atoms with Crippen LogP contribution < -0.4 is 0 Å². The fraction of sp³-hybridized carbons (Fsp3) is 0.667. The summed E-state index contributed by atoms with van der Waals surface area (Å²) in [5, 5.41) is 20.9. The third kappa shape index (κ3) is 11.7. The predicted octanol–water partition coefficient (Wildman–Crippen LogP) is -0.927. The van der Waals surface area contributed by atoms with E-state index in [1.54, 1.807) is 0 Å². The second kappa shape index (κ2) is 11.3. The summed E-state index contributed by atoms with van der Waals surface area (Å²) in [5.41, 5.74) is -2.54. The molecule has 0 bridgehead atoms. The van der Waals surface area contributed by atoms with E-state index in [-0.39, 0.29) is 12.5 Å².